The van der Waals surface area contributed by atoms with E-state index in [9.17, 15) is 13.2 Å². The highest BCUT2D eigenvalue weighted by Gasteiger charge is 2.32. The van der Waals surface area contributed by atoms with Crippen molar-refractivity contribution in [1.82, 2.24) is 19.8 Å². The van der Waals surface area contributed by atoms with E-state index in [1.165, 1.54) is 6.07 Å². The number of aliphatic imine (C=N–C) groups is 1. The monoisotopic (exact) mass is 523 g/mol. The van der Waals surface area contributed by atoms with E-state index in [4.69, 9.17) is 4.74 Å². The van der Waals surface area contributed by atoms with E-state index in [0.29, 0.717) is 44.9 Å². The topological polar surface area (TPSA) is 54.7 Å². The number of morpholine rings is 1. The molecule has 1 aliphatic heterocycles. The zero-order valence-electron chi connectivity index (χ0n) is 16.1. The van der Waals surface area contributed by atoms with Crippen LogP contribution in [0.15, 0.2) is 48.0 Å². The van der Waals surface area contributed by atoms with Crippen LogP contribution in [0.5, 0.6) is 0 Å². The predicted octanol–water partition coefficient (Wildman–Crippen LogP) is 3.56. The van der Waals surface area contributed by atoms with Gasteiger partial charge in [0.1, 0.15) is 6.10 Å². The number of imidazole rings is 1. The first-order valence-corrected chi connectivity index (χ1v) is 9.25. The molecule has 0 saturated carbocycles. The number of benzene rings is 1. The first-order valence-electron chi connectivity index (χ1n) is 9.25. The molecule has 0 amide bonds. The van der Waals surface area contributed by atoms with E-state index in [1.54, 1.807) is 18.6 Å². The highest BCUT2D eigenvalue weighted by molar-refractivity contribution is 14.0. The van der Waals surface area contributed by atoms with Crippen molar-refractivity contribution >= 4 is 29.9 Å². The standard InChI is InChI=1S/C19H24F3N5O.HI/c1-2-24-18(25-7-9-26-8-6-23-14-26)27-10-11-28-17(13-27)15-4-3-5-16(12-15)19(20,21)22;/h3-6,8,12,14,17H,2,7,9-11,13H2,1H3,(H,24,25);1H. The highest BCUT2D eigenvalue weighted by atomic mass is 127. The fourth-order valence-corrected chi connectivity index (χ4v) is 3.07. The third-order valence-electron chi connectivity index (χ3n) is 4.47. The summed E-state index contributed by atoms with van der Waals surface area (Å²) in [5.41, 5.74) is -0.139. The normalized spacial score (nSPS) is 17.7. The van der Waals surface area contributed by atoms with Gasteiger partial charge in [-0.3, -0.25) is 4.99 Å². The molecule has 1 aromatic heterocycles. The number of nitrogens with zero attached hydrogens (tertiary/aromatic N) is 4. The molecule has 1 fully saturated rings. The van der Waals surface area contributed by atoms with Crippen LogP contribution in [0, 0.1) is 0 Å². The van der Waals surface area contributed by atoms with E-state index in [0.717, 1.165) is 18.1 Å². The number of ether oxygens (including phenoxy) is 1. The van der Waals surface area contributed by atoms with Crippen molar-refractivity contribution in [3.05, 3.63) is 54.1 Å². The van der Waals surface area contributed by atoms with Gasteiger partial charge in [0.05, 0.1) is 31.6 Å². The van der Waals surface area contributed by atoms with Crippen LogP contribution in [-0.4, -0.2) is 53.2 Å². The first kappa shape index (κ1) is 23.5. The van der Waals surface area contributed by atoms with Crippen LogP contribution in [0.2, 0.25) is 0 Å². The van der Waals surface area contributed by atoms with Gasteiger partial charge in [0.25, 0.3) is 0 Å². The second-order valence-electron chi connectivity index (χ2n) is 6.46. The van der Waals surface area contributed by atoms with Crippen LogP contribution < -0.4 is 5.32 Å². The van der Waals surface area contributed by atoms with Crippen molar-refractivity contribution in [2.75, 3.05) is 32.8 Å². The van der Waals surface area contributed by atoms with Crippen molar-refractivity contribution in [2.24, 2.45) is 4.99 Å². The quantitative estimate of drug-likeness (QED) is 0.370. The zero-order valence-corrected chi connectivity index (χ0v) is 18.4. The van der Waals surface area contributed by atoms with Gasteiger partial charge in [0.2, 0.25) is 0 Å². The third-order valence-corrected chi connectivity index (χ3v) is 4.47. The lowest BCUT2D eigenvalue weighted by molar-refractivity contribution is -0.137. The molecule has 0 aliphatic carbocycles. The predicted molar refractivity (Wildman–Crippen MR) is 115 cm³/mol. The maximum atomic E-state index is 13.0. The molecular weight excluding hydrogens is 498 g/mol. The van der Waals surface area contributed by atoms with Crippen molar-refractivity contribution < 1.29 is 17.9 Å². The van der Waals surface area contributed by atoms with Crippen LogP contribution in [0.25, 0.3) is 0 Å². The molecule has 0 bridgehead atoms. The largest absolute Gasteiger partial charge is 0.416 e. The van der Waals surface area contributed by atoms with E-state index in [-0.39, 0.29) is 24.0 Å². The van der Waals surface area contributed by atoms with E-state index in [2.05, 4.69) is 15.3 Å². The Bertz CT molecular complexity index is 782. The Balaban J connectivity index is 0.00000300. The molecule has 160 valence electrons. The number of alkyl halides is 3. The van der Waals surface area contributed by atoms with Gasteiger partial charge in [-0.15, -0.1) is 24.0 Å². The summed E-state index contributed by atoms with van der Waals surface area (Å²) in [6.45, 7) is 5.46. The lowest BCUT2D eigenvalue weighted by Crippen LogP contribution is -2.48. The number of halogens is 4. The van der Waals surface area contributed by atoms with Gasteiger partial charge in [0.15, 0.2) is 5.96 Å². The lowest BCUT2D eigenvalue weighted by atomic mass is 10.0. The number of hydrogen-bond donors (Lipinski definition) is 1. The van der Waals surface area contributed by atoms with Crippen LogP contribution in [0.4, 0.5) is 13.2 Å². The lowest BCUT2D eigenvalue weighted by Gasteiger charge is -2.35. The van der Waals surface area contributed by atoms with Crippen LogP contribution in [0.3, 0.4) is 0 Å². The fraction of sp³-hybridized carbons (Fsp3) is 0.474. The summed E-state index contributed by atoms with van der Waals surface area (Å²) in [7, 11) is 0. The molecule has 1 aliphatic rings. The maximum absolute atomic E-state index is 13.0. The van der Waals surface area contributed by atoms with Gasteiger partial charge < -0.3 is 19.5 Å². The Morgan fingerprint density at radius 2 is 2.21 bits per heavy atom. The Morgan fingerprint density at radius 1 is 1.38 bits per heavy atom. The maximum Gasteiger partial charge on any atom is 0.416 e. The van der Waals surface area contributed by atoms with Crippen molar-refractivity contribution in [3.63, 3.8) is 0 Å². The van der Waals surface area contributed by atoms with E-state index < -0.39 is 17.8 Å². The average Bonchev–Trinajstić information content (AvgIpc) is 3.20. The molecule has 2 aromatic rings. The Hall–Kier alpha value is -1.82. The highest BCUT2D eigenvalue weighted by Crippen LogP contribution is 2.32. The molecule has 29 heavy (non-hydrogen) atoms. The van der Waals surface area contributed by atoms with Gasteiger partial charge in [-0.25, -0.2) is 4.98 Å². The molecule has 1 aromatic carbocycles. The molecule has 3 rings (SSSR count). The zero-order chi connectivity index (χ0) is 20.0. The van der Waals surface area contributed by atoms with Gasteiger partial charge in [-0.2, -0.15) is 13.2 Å². The van der Waals surface area contributed by atoms with Crippen LogP contribution in [0.1, 0.15) is 24.2 Å². The summed E-state index contributed by atoms with van der Waals surface area (Å²) in [6.07, 6.45) is 0.528. The summed E-state index contributed by atoms with van der Waals surface area (Å²) >= 11 is 0. The summed E-state index contributed by atoms with van der Waals surface area (Å²) in [5, 5.41) is 3.26. The second kappa shape index (κ2) is 10.8. The molecule has 6 nitrogen and oxygen atoms in total. The smallest absolute Gasteiger partial charge is 0.370 e. The van der Waals surface area contributed by atoms with Crippen molar-refractivity contribution in [1.29, 1.82) is 0 Å². The van der Waals surface area contributed by atoms with Gasteiger partial charge in [-0.1, -0.05) is 12.1 Å². The SMILES string of the molecule is CCNC(=NCCn1ccnc1)N1CCOC(c2cccc(C(F)(F)F)c2)C1.I. The molecule has 1 unspecified atom stereocenters. The van der Waals surface area contributed by atoms with Crippen molar-refractivity contribution in [3.8, 4) is 0 Å². The minimum Gasteiger partial charge on any atom is -0.370 e. The van der Waals surface area contributed by atoms with Crippen LogP contribution in [-0.2, 0) is 17.5 Å². The van der Waals surface area contributed by atoms with Gasteiger partial charge in [-0.05, 0) is 24.6 Å². The minimum absolute atomic E-state index is 0. The Labute approximate surface area is 185 Å². The summed E-state index contributed by atoms with van der Waals surface area (Å²) in [6, 6.07) is 5.33. The van der Waals surface area contributed by atoms with E-state index in [1.807, 2.05) is 22.6 Å². The van der Waals surface area contributed by atoms with E-state index >= 15 is 0 Å². The summed E-state index contributed by atoms with van der Waals surface area (Å²) in [5.74, 6) is 0.739. The number of hydrogen-bond acceptors (Lipinski definition) is 3. The van der Waals surface area contributed by atoms with Gasteiger partial charge in [0, 0.05) is 32.0 Å². The molecule has 1 N–H and O–H groups in total. The number of nitrogens with one attached hydrogen (secondary N) is 1. The minimum atomic E-state index is -4.37. The number of guanidine groups is 1. The molecule has 1 saturated heterocycles. The number of aromatic nitrogens is 2. The van der Waals surface area contributed by atoms with Gasteiger partial charge >= 0.3 is 6.18 Å². The second-order valence-corrected chi connectivity index (χ2v) is 6.46. The van der Waals surface area contributed by atoms with Crippen LogP contribution >= 0.6 is 24.0 Å². The first-order chi connectivity index (χ1) is 13.5. The summed E-state index contributed by atoms with van der Waals surface area (Å²) in [4.78, 5) is 10.7. The van der Waals surface area contributed by atoms with Crippen molar-refractivity contribution in [2.45, 2.75) is 25.7 Å². The fourth-order valence-electron chi connectivity index (χ4n) is 3.07. The average molecular weight is 523 g/mol. The third kappa shape index (κ3) is 6.59. The molecule has 10 heteroatoms. The number of rotatable bonds is 5. The molecule has 2 heterocycles. The molecule has 0 spiro atoms. The summed E-state index contributed by atoms with van der Waals surface area (Å²) < 4.78 is 46.7. The molecule has 1 atom stereocenters. The molecule has 0 radical (unpaired) electrons. The molecular formula is C19H25F3IN5O. The Kier molecular flexibility index (Phi) is 8.75. The Morgan fingerprint density at radius 3 is 2.90 bits per heavy atom.